The summed E-state index contributed by atoms with van der Waals surface area (Å²) in [7, 11) is 332. The first kappa shape index (κ1) is 123. The Kier molecular flexibility index (Phi) is 51.6. The van der Waals surface area contributed by atoms with Gasteiger partial charge in [-0.1, -0.05) is 55.5 Å². The van der Waals surface area contributed by atoms with Crippen LogP contribution < -0.4 is 9.47 Å². The minimum Gasteiger partial charge on any atom is -0.493 e. The summed E-state index contributed by atoms with van der Waals surface area (Å²) >= 11 is 0. The second kappa shape index (κ2) is 55.6. The molecule has 7 rings (SSSR count). The zero-order valence-electron chi connectivity index (χ0n) is 76.0. The summed E-state index contributed by atoms with van der Waals surface area (Å²) in [5.74, 6) is 1.33. The average molecular weight is 1530 g/mol. The molecule has 2 unspecified atom stereocenters. The maximum absolute atomic E-state index is 14.0. The molecule has 0 saturated carbocycles. The quantitative estimate of drug-likeness (QED) is 0.0394. The second-order valence-electron chi connectivity index (χ2n) is 36.9. The number of rotatable bonds is 50. The smallest absolute Gasteiger partial charge is 0.161 e. The minimum absolute atomic E-state index is 0.0139. The number of methoxy groups -OCH3 is 1. The third-order valence-corrected chi connectivity index (χ3v) is 28.2. The van der Waals surface area contributed by atoms with Gasteiger partial charge in [0.05, 0.1) is 13.2 Å². The molecule has 478 valence electrons. The monoisotopic (exact) mass is 1550 g/mol. The van der Waals surface area contributed by atoms with E-state index in [1.54, 1.807) is 19.2 Å². The van der Waals surface area contributed by atoms with Crippen LogP contribution in [0.1, 0.15) is 58.1 Å². The van der Waals surface area contributed by atoms with Crippen LogP contribution in [0.4, 0.5) is 4.39 Å². The average Bonchev–Trinajstić information content (AvgIpc) is 0.805. The summed E-state index contributed by atoms with van der Waals surface area (Å²) < 4.78 is 26.1. The summed E-state index contributed by atoms with van der Waals surface area (Å²) in [5.41, 5.74) is 9.91. The molecule has 0 aliphatic carbocycles. The summed E-state index contributed by atoms with van der Waals surface area (Å²) in [6, 6.07) is 28.6. The maximum atomic E-state index is 14.0. The summed E-state index contributed by atoms with van der Waals surface area (Å²) in [5, 5.41) is 1.29. The van der Waals surface area contributed by atoms with Crippen molar-refractivity contribution in [1.82, 2.24) is 9.88 Å². The van der Waals surface area contributed by atoms with E-state index in [2.05, 4.69) is 59.3 Å². The van der Waals surface area contributed by atoms with Crippen LogP contribution >= 0.6 is 0 Å². The molecule has 1 N–H and O–H groups in total. The molecule has 2 atom stereocenters. The third kappa shape index (κ3) is 29.9. The first-order valence-corrected chi connectivity index (χ1v) is 44.5. The van der Waals surface area contributed by atoms with Gasteiger partial charge in [-0.05, 0) is 89.0 Å². The number of halogens is 1. The fourth-order valence-corrected chi connectivity index (χ4v) is 23.0. The van der Waals surface area contributed by atoms with Gasteiger partial charge in [0.25, 0.3) is 0 Å². The molecule has 0 spiro atoms. The van der Waals surface area contributed by atoms with Crippen LogP contribution in [0.2, 0.25) is 0 Å². The number of nitrogens with one attached hydrogen (secondary N) is 1. The zero-order valence-corrected chi connectivity index (χ0v) is 76.0. The highest BCUT2D eigenvalue weighted by molar-refractivity contribution is 8.43. The lowest BCUT2D eigenvalue weighted by molar-refractivity contribution is 0.127. The van der Waals surface area contributed by atoms with Crippen LogP contribution in [-0.4, -0.2) is 675 Å². The van der Waals surface area contributed by atoms with E-state index in [1.807, 2.05) is 30.3 Å². The molecular formula is C35H33B92FN2O2. The molecule has 94 radical (unpaired) electrons. The molecule has 4 nitrogen and oxygen atoms in total. The first-order valence-electron chi connectivity index (χ1n) is 44.5. The van der Waals surface area contributed by atoms with E-state index < -0.39 is 287 Å². The van der Waals surface area contributed by atoms with Gasteiger partial charge in [-0.25, -0.2) is 4.39 Å². The summed E-state index contributed by atoms with van der Waals surface area (Å²) in [6.07, 6.45) is -79.1. The molecule has 2 aliphatic heterocycles. The van der Waals surface area contributed by atoms with Crippen molar-refractivity contribution < 1.29 is 13.9 Å². The highest BCUT2D eigenvalue weighted by Gasteiger charge is 2.68. The molecule has 97 heteroatoms. The Morgan fingerprint density at radius 1 is 0.326 bits per heavy atom. The molecule has 0 bridgehead atoms. The van der Waals surface area contributed by atoms with Crippen molar-refractivity contribution in [3.8, 4) is 11.5 Å². The molecule has 4 aromatic carbocycles. The van der Waals surface area contributed by atoms with Crippen molar-refractivity contribution in [2.24, 2.45) is 0 Å². The van der Waals surface area contributed by atoms with E-state index in [0.717, 1.165) is 53.9 Å². The Labute approximate surface area is 877 Å². The summed E-state index contributed by atoms with van der Waals surface area (Å²) in [4.78, 5) is 6.35. The Morgan fingerprint density at radius 2 is 0.621 bits per heavy atom. The molecule has 5 aromatic rings. The van der Waals surface area contributed by atoms with Crippen LogP contribution in [-0.2, 0) is 25.9 Å². The predicted octanol–water partition coefficient (Wildman–Crippen LogP) is -27.3. The summed E-state index contributed by atoms with van der Waals surface area (Å²) in [6.45, 7) is 3.60. The lowest BCUT2D eigenvalue weighted by atomic mass is 8.19. The van der Waals surface area contributed by atoms with E-state index in [9.17, 15) is 4.39 Å². The van der Waals surface area contributed by atoms with E-state index in [0.29, 0.717) is 6.61 Å². The highest BCUT2D eigenvalue weighted by Crippen LogP contribution is 2.50. The zero-order chi connectivity index (χ0) is 100. The number of aromatic nitrogens is 1. The van der Waals surface area contributed by atoms with Gasteiger partial charge < -0.3 is 14.5 Å². The fourth-order valence-electron chi connectivity index (χ4n) is 23.0. The largest absolute Gasteiger partial charge is 0.493 e. The number of benzene rings is 4. The Morgan fingerprint density at radius 3 is 0.909 bits per heavy atom. The third-order valence-electron chi connectivity index (χ3n) is 28.2. The molecule has 3 heterocycles. The van der Waals surface area contributed by atoms with Gasteiger partial charge in [-0.3, -0.25) is 4.90 Å². The molecule has 2 aliphatic rings. The van der Waals surface area contributed by atoms with Crippen molar-refractivity contribution in [1.29, 1.82) is 0 Å². The van der Waals surface area contributed by atoms with E-state index >= 15 is 0 Å². The molecule has 1 aromatic heterocycles. The predicted molar refractivity (Wildman–Crippen MR) is 686 cm³/mol. The van der Waals surface area contributed by atoms with Crippen LogP contribution in [0.25, 0.3) is 10.9 Å². The lowest BCUT2D eigenvalue weighted by Gasteiger charge is -2.62. The van der Waals surface area contributed by atoms with Crippen molar-refractivity contribution >= 4 is 662 Å². The van der Waals surface area contributed by atoms with Crippen LogP contribution in [0, 0.1) is 5.82 Å². The number of hydrogen-bond acceptors (Lipinski definition) is 3. The SMILES string of the molecule is CCc1ccc2[nH]c3c(c2c1)CC1c2cc(OC)c(OCc4ccccc4)cc2CCN1C3c1ccc(F)cc1.[B]B([B])B([B])B(B(B([B])[B])B([B])[B])B(B(B(B([B])[B])B([B])[B])B(B([B])[B])B([B])[B])B(B(B(B(B([B])[B])B([B])[B])B(B([B])[B])B([B])[B])B(B(B([B])[B])B([B])[B])B(B([B])[B])B([B])[B])B(B(B(B([B])[B])B([B])[B])B(B([B])[B])B([B])[B])B(B(B([B])[B])B([B])[B])B(B([B])[B])B([B])[B]. The number of aromatic amines is 1. The number of fused-ring (bicyclic) bond motifs is 6. The minimum atomic E-state index is -2.18. The van der Waals surface area contributed by atoms with Crippen LogP contribution in [0.15, 0.2) is 84.9 Å². The number of ether oxygens (including phenoxy) is 2. The first-order chi connectivity index (χ1) is 61.4. The van der Waals surface area contributed by atoms with Gasteiger partial charge in [0, 0.05) is 680 Å². The van der Waals surface area contributed by atoms with E-state index in [1.165, 1.54) is 33.3 Å². The van der Waals surface area contributed by atoms with Gasteiger partial charge in [0.2, 0.25) is 0 Å². The Balaban J connectivity index is 0.000000543. The van der Waals surface area contributed by atoms with Crippen LogP contribution in [0.5, 0.6) is 11.5 Å². The molecule has 0 fully saturated rings. The Hall–Kier alpha value is 1.88. The standard InChI is InChI=1S/C35H33FN2O2.B92/c1-3-22-9-14-30-28(17-22)29-19-31-27-20-32(39-2)33(40-21-23-7-5-4-6-8-23)18-25(27)15-16-38(31)35(34(29)37-30)24-10-12-26(36)13-11-24;1-48(2)71(47)83(72(49(3)4)50(5)6)89(84(73(51(7)8)52(9)10)74(53(11)12)54(13)14)92(90(85(75(55(15)16)56(17)18)76(57(19)20)58(21)22)86(77(59(23)24)60(25)26)78(61(27)28)62(29)30)91(87(79(63(31)32)64(33)34)80(65(35)36)66(37)38)88(81(67(39)40)68(41)42)82(69(43)44)70(45)46/h4-14,17-18,20,31,35,37H,3,15-16,19,21H2,1-2H3;. The van der Waals surface area contributed by atoms with Gasteiger partial charge in [0.1, 0.15) is 12.4 Å². The van der Waals surface area contributed by atoms with Gasteiger partial charge in [-0.15, -0.1) is 0 Å². The number of H-pyrrole nitrogens is 1. The molecule has 0 saturated heterocycles. The van der Waals surface area contributed by atoms with Crippen molar-refractivity contribution in [2.45, 2.75) is 44.9 Å². The lowest BCUT2D eigenvalue weighted by Crippen LogP contribution is -3.01. The molecule has 0 amide bonds. The molecule has 132 heavy (non-hydrogen) atoms. The van der Waals surface area contributed by atoms with E-state index in [4.69, 9.17) is 373 Å². The van der Waals surface area contributed by atoms with Crippen molar-refractivity contribution in [2.75, 3.05) is 13.7 Å². The number of nitrogens with zero attached hydrogens (tertiary/aromatic N) is 1. The fraction of sp³-hybridized carbons (Fsp3) is 0.257. The number of aryl methyl sites for hydroxylation is 1. The van der Waals surface area contributed by atoms with Crippen LogP contribution in [0.3, 0.4) is 0 Å². The van der Waals surface area contributed by atoms with Gasteiger partial charge in [-0.2, -0.15) is 0 Å². The van der Waals surface area contributed by atoms with Crippen molar-refractivity contribution in [3.05, 3.63) is 130 Å². The Bertz CT molecular complexity index is 3810. The highest BCUT2D eigenvalue weighted by atomic mass is 19.1. The van der Waals surface area contributed by atoms with Crippen molar-refractivity contribution in [3.63, 3.8) is 0 Å². The normalized spacial score (nSPS) is 12.4. The second-order valence-corrected chi connectivity index (χ2v) is 36.9. The maximum Gasteiger partial charge on any atom is 0.161 e. The van der Waals surface area contributed by atoms with E-state index in [-0.39, 0.29) is 17.9 Å². The topological polar surface area (TPSA) is 37.5 Å². The number of hydrogen-bond donors (Lipinski definition) is 1. The van der Waals surface area contributed by atoms with Gasteiger partial charge in [0.15, 0.2) is 11.5 Å². The molecular weight excluding hydrogens is 1490 g/mol. The van der Waals surface area contributed by atoms with Gasteiger partial charge >= 0.3 is 0 Å².